The molecule has 0 amide bonds. The fourth-order valence-electron chi connectivity index (χ4n) is 1.05. The van der Waals surface area contributed by atoms with Crippen LogP contribution in [0, 0.1) is 10.1 Å². The predicted octanol–water partition coefficient (Wildman–Crippen LogP) is 2.31. The molecule has 13 heavy (non-hydrogen) atoms. The quantitative estimate of drug-likeness (QED) is 0.544. The summed E-state index contributed by atoms with van der Waals surface area (Å²) in [5, 5.41) is 10.8. The molecule has 1 rings (SSSR count). The van der Waals surface area contributed by atoms with Crippen LogP contribution in [0.4, 0.5) is 11.4 Å². The van der Waals surface area contributed by atoms with Gasteiger partial charge in [0, 0.05) is 14.1 Å². The zero-order chi connectivity index (χ0) is 10.0. The van der Waals surface area contributed by atoms with Crippen LogP contribution >= 0.6 is 11.6 Å². The number of hydrogen-bond acceptors (Lipinski definition) is 3. The second kappa shape index (κ2) is 3.62. The Morgan fingerprint density at radius 2 is 2.08 bits per heavy atom. The number of hydrogen-bond donors (Lipinski definition) is 0. The smallest absolute Gasteiger partial charge is 0.310 e. The Morgan fingerprint density at radius 1 is 1.46 bits per heavy atom. The number of halogens is 1. The highest BCUT2D eigenvalue weighted by molar-refractivity contribution is 6.33. The maximum atomic E-state index is 10.6. The molecule has 1 aromatic carbocycles. The molecule has 0 N–H and O–H groups in total. The number of benzene rings is 1. The molecule has 0 radical (unpaired) electrons. The summed E-state index contributed by atoms with van der Waals surface area (Å²) >= 11 is 5.70. The van der Waals surface area contributed by atoms with Gasteiger partial charge in [-0.25, -0.2) is 0 Å². The second-order valence-electron chi connectivity index (χ2n) is 2.76. The minimum absolute atomic E-state index is 0.0471. The van der Waals surface area contributed by atoms with E-state index in [4.69, 9.17) is 11.6 Å². The number of para-hydroxylation sites is 1. The van der Waals surface area contributed by atoms with Crippen molar-refractivity contribution in [2.45, 2.75) is 0 Å². The highest BCUT2D eigenvalue weighted by Gasteiger charge is 2.18. The molecule has 5 heteroatoms. The average molecular weight is 201 g/mol. The molecule has 0 saturated heterocycles. The molecule has 0 spiro atoms. The van der Waals surface area contributed by atoms with Crippen molar-refractivity contribution in [3.05, 3.63) is 33.3 Å². The molecular weight excluding hydrogens is 192 g/mol. The van der Waals surface area contributed by atoms with E-state index in [2.05, 4.69) is 0 Å². The largest absolute Gasteiger partial charge is 0.372 e. The minimum Gasteiger partial charge on any atom is -0.372 e. The Bertz CT molecular complexity index is 339. The Balaban J connectivity index is 3.34. The number of rotatable bonds is 2. The molecule has 0 atom stereocenters. The lowest BCUT2D eigenvalue weighted by Crippen LogP contribution is -2.11. The minimum atomic E-state index is -0.475. The topological polar surface area (TPSA) is 46.4 Å². The molecule has 1 aromatic rings. The van der Waals surface area contributed by atoms with Crippen molar-refractivity contribution in [3.63, 3.8) is 0 Å². The van der Waals surface area contributed by atoms with Gasteiger partial charge in [0.2, 0.25) is 0 Å². The fourth-order valence-corrected chi connectivity index (χ4v) is 1.28. The molecule has 0 aliphatic rings. The first-order valence-electron chi connectivity index (χ1n) is 3.64. The van der Waals surface area contributed by atoms with Crippen molar-refractivity contribution in [2.75, 3.05) is 19.0 Å². The average Bonchev–Trinajstić information content (AvgIpc) is 2.02. The molecule has 0 unspecified atom stereocenters. The monoisotopic (exact) mass is 200 g/mol. The maximum absolute atomic E-state index is 10.6. The SMILES string of the molecule is CN(C)c1cccc(Cl)c1[N+](=O)[O-]. The molecule has 0 aromatic heterocycles. The molecule has 4 nitrogen and oxygen atoms in total. The first kappa shape index (κ1) is 9.80. The summed E-state index contributed by atoms with van der Waals surface area (Å²) < 4.78 is 0. The Labute approximate surface area is 80.9 Å². The van der Waals surface area contributed by atoms with Crippen molar-refractivity contribution in [3.8, 4) is 0 Å². The van der Waals surface area contributed by atoms with E-state index in [1.807, 2.05) is 0 Å². The van der Waals surface area contributed by atoms with Gasteiger partial charge in [-0.05, 0) is 12.1 Å². The first-order chi connectivity index (χ1) is 6.04. The van der Waals surface area contributed by atoms with E-state index < -0.39 is 4.92 Å². The molecule has 0 fully saturated rings. The predicted molar refractivity (Wildman–Crippen MR) is 52.4 cm³/mol. The van der Waals surface area contributed by atoms with Crippen LogP contribution in [0.1, 0.15) is 0 Å². The van der Waals surface area contributed by atoms with Gasteiger partial charge >= 0.3 is 5.69 Å². The molecule has 0 bridgehead atoms. The molecular formula is C8H9ClN2O2. The number of anilines is 1. The second-order valence-corrected chi connectivity index (χ2v) is 3.17. The van der Waals surface area contributed by atoms with E-state index in [0.717, 1.165) is 0 Å². The lowest BCUT2D eigenvalue weighted by atomic mass is 10.2. The van der Waals surface area contributed by atoms with Crippen molar-refractivity contribution >= 4 is 23.0 Å². The highest BCUT2D eigenvalue weighted by atomic mass is 35.5. The zero-order valence-electron chi connectivity index (χ0n) is 7.32. The molecule has 0 saturated carbocycles. The van der Waals surface area contributed by atoms with Crippen LogP contribution in [-0.2, 0) is 0 Å². The van der Waals surface area contributed by atoms with Crippen LogP contribution in [0.25, 0.3) is 0 Å². The molecule has 0 aliphatic carbocycles. The van der Waals surface area contributed by atoms with Crippen LogP contribution in [0.2, 0.25) is 5.02 Å². The van der Waals surface area contributed by atoms with Gasteiger partial charge in [0.15, 0.2) is 0 Å². The molecule has 0 heterocycles. The third-order valence-corrected chi connectivity index (χ3v) is 1.93. The molecule has 0 aliphatic heterocycles. The number of nitro benzene ring substituents is 1. The van der Waals surface area contributed by atoms with Gasteiger partial charge in [0.1, 0.15) is 10.7 Å². The Morgan fingerprint density at radius 3 is 2.46 bits per heavy atom. The van der Waals surface area contributed by atoms with Crippen molar-refractivity contribution < 1.29 is 4.92 Å². The number of nitrogens with zero attached hydrogens (tertiary/aromatic N) is 2. The van der Waals surface area contributed by atoms with E-state index in [1.54, 1.807) is 31.1 Å². The standard InChI is InChI=1S/C8H9ClN2O2/c1-10(2)7-5-3-4-6(9)8(7)11(12)13/h3-5H,1-2H3. The zero-order valence-corrected chi connectivity index (χ0v) is 8.08. The lowest BCUT2D eigenvalue weighted by Gasteiger charge is -2.12. The maximum Gasteiger partial charge on any atom is 0.310 e. The van der Waals surface area contributed by atoms with Gasteiger partial charge in [-0.1, -0.05) is 17.7 Å². The van der Waals surface area contributed by atoms with Crippen molar-refractivity contribution in [2.24, 2.45) is 0 Å². The lowest BCUT2D eigenvalue weighted by molar-refractivity contribution is -0.383. The van der Waals surface area contributed by atoms with Crippen LogP contribution < -0.4 is 4.90 Å². The van der Waals surface area contributed by atoms with Crippen LogP contribution in [0.15, 0.2) is 18.2 Å². The summed E-state index contributed by atoms with van der Waals surface area (Å²) in [5.74, 6) is 0. The summed E-state index contributed by atoms with van der Waals surface area (Å²) in [5.41, 5.74) is 0.465. The van der Waals surface area contributed by atoms with Gasteiger partial charge in [-0.15, -0.1) is 0 Å². The summed E-state index contributed by atoms with van der Waals surface area (Å²) in [6.07, 6.45) is 0. The fraction of sp³-hybridized carbons (Fsp3) is 0.250. The third kappa shape index (κ3) is 1.89. The summed E-state index contributed by atoms with van der Waals surface area (Å²) in [6, 6.07) is 4.85. The van der Waals surface area contributed by atoms with E-state index in [-0.39, 0.29) is 10.7 Å². The molecule has 70 valence electrons. The van der Waals surface area contributed by atoms with Gasteiger partial charge in [-0.2, -0.15) is 0 Å². The number of nitro groups is 1. The summed E-state index contributed by atoms with van der Waals surface area (Å²) in [7, 11) is 3.47. The van der Waals surface area contributed by atoms with E-state index in [0.29, 0.717) is 5.69 Å². The van der Waals surface area contributed by atoms with Crippen molar-refractivity contribution in [1.29, 1.82) is 0 Å². The van der Waals surface area contributed by atoms with E-state index in [9.17, 15) is 10.1 Å². The van der Waals surface area contributed by atoms with Crippen molar-refractivity contribution in [1.82, 2.24) is 0 Å². The Kier molecular flexibility index (Phi) is 2.72. The van der Waals surface area contributed by atoms with Gasteiger partial charge in [-0.3, -0.25) is 10.1 Å². The van der Waals surface area contributed by atoms with Crippen LogP contribution in [0.3, 0.4) is 0 Å². The van der Waals surface area contributed by atoms with Crippen LogP contribution in [0.5, 0.6) is 0 Å². The van der Waals surface area contributed by atoms with E-state index in [1.165, 1.54) is 6.07 Å². The van der Waals surface area contributed by atoms with E-state index >= 15 is 0 Å². The van der Waals surface area contributed by atoms with Crippen LogP contribution in [-0.4, -0.2) is 19.0 Å². The Hall–Kier alpha value is -1.29. The normalized spacial score (nSPS) is 9.77. The summed E-state index contributed by atoms with van der Waals surface area (Å²) in [6.45, 7) is 0. The summed E-state index contributed by atoms with van der Waals surface area (Å²) in [4.78, 5) is 11.8. The van der Waals surface area contributed by atoms with Gasteiger partial charge < -0.3 is 4.90 Å². The van der Waals surface area contributed by atoms with Gasteiger partial charge in [0.25, 0.3) is 0 Å². The third-order valence-electron chi connectivity index (χ3n) is 1.63. The van der Waals surface area contributed by atoms with Gasteiger partial charge in [0.05, 0.1) is 4.92 Å². The first-order valence-corrected chi connectivity index (χ1v) is 4.02. The highest BCUT2D eigenvalue weighted by Crippen LogP contribution is 2.33.